The van der Waals surface area contributed by atoms with Crippen LogP contribution in [0.5, 0.6) is 0 Å². The van der Waals surface area contributed by atoms with E-state index in [1.54, 1.807) is 23.3 Å². The van der Waals surface area contributed by atoms with Crippen LogP contribution in [0.3, 0.4) is 0 Å². The summed E-state index contributed by atoms with van der Waals surface area (Å²) in [5.41, 5.74) is 1.67. The summed E-state index contributed by atoms with van der Waals surface area (Å²) in [4.78, 5) is 20.6. The van der Waals surface area contributed by atoms with Gasteiger partial charge in [-0.15, -0.1) is 11.3 Å². The van der Waals surface area contributed by atoms with Gasteiger partial charge < -0.3 is 0 Å². The lowest BCUT2D eigenvalue weighted by Gasteiger charge is -2.16. The minimum atomic E-state index is -0.00468. The third kappa shape index (κ3) is 2.43. The van der Waals surface area contributed by atoms with E-state index < -0.39 is 0 Å². The second kappa shape index (κ2) is 4.90. The highest BCUT2D eigenvalue weighted by molar-refractivity contribution is 7.12. The molecule has 0 atom stereocenters. The molecule has 18 heavy (non-hydrogen) atoms. The van der Waals surface area contributed by atoms with E-state index >= 15 is 0 Å². The molecule has 0 aliphatic heterocycles. The van der Waals surface area contributed by atoms with Gasteiger partial charge in [-0.3, -0.25) is 9.69 Å². The van der Waals surface area contributed by atoms with Crippen LogP contribution < -0.4 is 4.90 Å². The summed E-state index contributed by atoms with van der Waals surface area (Å²) in [7, 11) is 1.76. The molecule has 0 saturated heterocycles. The lowest BCUT2D eigenvalue weighted by Crippen LogP contribution is -2.27. The van der Waals surface area contributed by atoms with Crippen molar-refractivity contribution in [2.75, 3.05) is 11.9 Å². The highest BCUT2D eigenvalue weighted by Gasteiger charge is 2.18. The number of carbonyl (C=O) groups excluding carboxylic acids is 1. The maximum atomic E-state index is 12.4. The number of rotatable bonds is 2. The minimum Gasteiger partial charge on any atom is -0.296 e. The van der Waals surface area contributed by atoms with Crippen LogP contribution in [0.2, 0.25) is 0 Å². The molecule has 0 aliphatic rings. The van der Waals surface area contributed by atoms with E-state index in [9.17, 15) is 4.79 Å². The standard InChI is InChI=1S/C14H16N2OS/c1-9-6-5-7-13(15-9)16(4)14(17)12-8-10(2)18-11(12)3/h5-8H,1-4H3. The fourth-order valence-electron chi connectivity index (χ4n) is 1.84. The molecule has 0 aromatic carbocycles. The molecule has 0 unspecified atom stereocenters. The topological polar surface area (TPSA) is 33.2 Å². The van der Waals surface area contributed by atoms with Crippen LogP contribution in [0.4, 0.5) is 5.82 Å². The number of hydrogen-bond acceptors (Lipinski definition) is 3. The Bertz CT molecular complexity index is 589. The Balaban J connectivity index is 2.32. The van der Waals surface area contributed by atoms with E-state index in [0.717, 1.165) is 21.0 Å². The Hall–Kier alpha value is -1.68. The predicted octanol–water partition coefficient (Wildman–Crippen LogP) is 3.34. The molecule has 0 saturated carbocycles. The summed E-state index contributed by atoms with van der Waals surface area (Å²) in [5.74, 6) is 0.679. The maximum absolute atomic E-state index is 12.4. The quantitative estimate of drug-likeness (QED) is 0.829. The number of carbonyl (C=O) groups is 1. The number of aryl methyl sites for hydroxylation is 3. The number of anilines is 1. The van der Waals surface area contributed by atoms with Crippen LogP contribution in [0.25, 0.3) is 0 Å². The third-order valence-corrected chi connectivity index (χ3v) is 3.76. The van der Waals surface area contributed by atoms with Crippen molar-refractivity contribution in [3.63, 3.8) is 0 Å². The van der Waals surface area contributed by atoms with Gasteiger partial charge in [-0.25, -0.2) is 4.98 Å². The van der Waals surface area contributed by atoms with Gasteiger partial charge in [0.2, 0.25) is 0 Å². The number of thiophene rings is 1. The van der Waals surface area contributed by atoms with Crippen molar-refractivity contribution in [1.29, 1.82) is 0 Å². The normalized spacial score (nSPS) is 10.4. The first-order valence-corrected chi connectivity index (χ1v) is 6.59. The van der Waals surface area contributed by atoms with Crippen molar-refractivity contribution in [2.45, 2.75) is 20.8 Å². The molecule has 4 heteroatoms. The summed E-state index contributed by atoms with van der Waals surface area (Å²) in [6.45, 7) is 5.91. The Morgan fingerprint density at radius 3 is 2.56 bits per heavy atom. The average molecular weight is 260 g/mol. The fraction of sp³-hybridized carbons (Fsp3) is 0.286. The van der Waals surface area contributed by atoms with E-state index in [0.29, 0.717) is 5.82 Å². The number of aromatic nitrogens is 1. The Morgan fingerprint density at radius 2 is 2.00 bits per heavy atom. The van der Waals surface area contributed by atoms with E-state index in [2.05, 4.69) is 4.98 Å². The summed E-state index contributed by atoms with van der Waals surface area (Å²) in [5, 5.41) is 0. The first-order chi connectivity index (χ1) is 8.49. The van der Waals surface area contributed by atoms with Gasteiger partial charge in [-0.1, -0.05) is 6.07 Å². The Labute approximate surface area is 111 Å². The Morgan fingerprint density at radius 1 is 1.28 bits per heavy atom. The first kappa shape index (κ1) is 12.8. The van der Waals surface area contributed by atoms with Crippen molar-refractivity contribution >= 4 is 23.1 Å². The molecular weight excluding hydrogens is 244 g/mol. The Kier molecular flexibility index (Phi) is 3.48. The third-order valence-electron chi connectivity index (χ3n) is 2.79. The van der Waals surface area contributed by atoms with Gasteiger partial charge in [-0.05, 0) is 39.0 Å². The maximum Gasteiger partial charge on any atom is 0.260 e. The zero-order valence-corrected chi connectivity index (χ0v) is 11.8. The second-order valence-electron chi connectivity index (χ2n) is 4.33. The van der Waals surface area contributed by atoms with Crippen molar-refractivity contribution in [3.8, 4) is 0 Å². The van der Waals surface area contributed by atoms with Crippen LogP contribution in [-0.2, 0) is 0 Å². The van der Waals surface area contributed by atoms with Gasteiger partial charge >= 0.3 is 0 Å². The molecule has 0 fully saturated rings. The van der Waals surface area contributed by atoms with Gasteiger partial charge in [0.25, 0.3) is 5.91 Å². The first-order valence-electron chi connectivity index (χ1n) is 5.78. The van der Waals surface area contributed by atoms with Crippen LogP contribution in [0.1, 0.15) is 25.8 Å². The zero-order chi connectivity index (χ0) is 13.3. The molecule has 94 valence electrons. The summed E-state index contributed by atoms with van der Waals surface area (Å²) in [6.07, 6.45) is 0. The van der Waals surface area contributed by atoms with Crippen LogP contribution in [0, 0.1) is 20.8 Å². The molecule has 0 N–H and O–H groups in total. The van der Waals surface area contributed by atoms with Crippen molar-refractivity contribution in [2.24, 2.45) is 0 Å². The molecule has 0 spiro atoms. The molecule has 2 aromatic rings. The number of hydrogen-bond donors (Lipinski definition) is 0. The summed E-state index contributed by atoms with van der Waals surface area (Å²) in [6, 6.07) is 7.61. The van der Waals surface area contributed by atoms with E-state index in [4.69, 9.17) is 0 Å². The molecule has 2 aromatic heterocycles. The minimum absolute atomic E-state index is 0.00468. The molecule has 3 nitrogen and oxygen atoms in total. The van der Waals surface area contributed by atoms with Gasteiger partial charge in [0.1, 0.15) is 5.82 Å². The lowest BCUT2D eigenvalue weighted by atomic mass is 10.2. The molecular formula is C14H16N2OS. The van der Waals surface area contributed by atoms with Gasteiger partial charge in [-0.2, -0.15) is 0 Å². The molecule has 2 heterocycles. The molecule has 2 rings (SSSR count). The van der Waals surface area contributed by atoms with E-state index in [1.807, 2.05) is 45.0 Å². The fourth-order valence-corrected chi connectivity index (χ4v) is 2.76. The van der Waals surface area contributed by atoms with E-state index in [1.165, 1.54) is 0 Å². The van der Waals surface area contributed by atoms with Crippen molar-refractivity contribution < 1.29 is 4.79 Å². The van der Waals surface area contributed by atoms with E-state index in [-0.39, 0.29) is 5.91 Å². The molecule has 0 aliphatic carbocycles. The summed E-state index contributed by atoms with van der Waals surface area (Å²) < 4.78 is 0. The highest BCUT2D eigenvalue weighted by Crippen LogP contribution is 2.23. The van der Waals surface area contributed by atoms with Crippen molar-refractivity contribution in [1.82, 2.24) is 4.98 Å². The largest absolute Gasteiger partial charge is 0.296 e. The highest BCUT2D eigenvalue weighted by atomic mass is 32.1. The monoisotopic (exact) mass is 260 g/mol. The smallest absolute Gasteiger partial charge is 0.260 e. The number of pyridine rings is 1. The summed E-state index contributed by atoms with van der Waals surface area (Å²) >= 11 is 1.65. The van der Waals surface area contributed by atoms with Gasteiger partial charge in [0.15, 0.2) is 0 Å². The lowest BCUT2D eigenvalue weighted by molar-refractivity contribution is 0.0992. The zero-order valence-electron chi connectivity index (χ0n) is 11.0. The molecule has 0 radical (unpaired) electrons. The SMILES string of the molecule is Cc1cccc(N(C)C(=O)c2cc(C)sc2C)n1. The molecule has 1 amide bonds. The van der Waals surface area contributed by atoms with Crippen LogP contribution in [0.15, 0.2) is 24.3 Å². The van der Waals surface area contributed by atoms with Crippen LogP contribution >= 0.6 is 11.3 Å². The van der Waals surface area contributed by atoms with Crippen LogP contribution in [-0.4, -0.2) is 17.9 Å². The predicted molar refractivity (Wildman–Crippen MR) is 75.5 cm³/mol. The molecule has 0 bridgehead atoms. The van der Waals surface area contributed by atoms with Crippen molar-refractivity contribution in [3.05, 3.63) is 45.3 Å². The number of nitrogens with zero attached hydrogens (tertiary/aromatic N) is 2. The number of amides is 1. The van der Waals surface area contributed by atoms with Gasteiger partial charge in [0.05, 0.1) is 5.56 Å². The second-order valence-corrected chi connectivity index (χ2v) is 5.79. The van der Waals surface area contributed by atoms with Gasteiger partial charge in [0, 0.05) is 22.5 Å². The average Bonchev–Trinajstić information content (AvgIpc) is 2.66.